The van der Waals surface area contributed by atoms with Gasteiger partial charge in [-0.15, -0.1) is 0 Å². The average Bonchev–Trinajstić information content (AvgIpc) is 2.58. The van der Waals surface area contributed by atoms with E-state index in [-0.39, 0.29) is 10.0 Å². The summed E-state index contributed by atoms with van der Waals surface area (Å²) in [5, 5.41) is 11.3. The van der Waals surface area contributed by atoms with Gasteiger partial charge in [0, 0.05) is 13.0 Å². The third-order valence-electron chi connectivity index (χ3n) is 2.06. The van der Waals surface area contributed by atoms with Crippen molar-refractivity contribution in [2.24, 2.45) is 0 Å². The van der Waals surface area contributed by atoms with Crippen molar-refractivity contribution in [3.8, 4) is 0 Å². The molecule has 1 rings (SSSR count). The first-order chi connectivity index (χ1) is 8.60. The number of carbonyl (C=O) groups excluding carboxylic acids is 1. The van der Waals surface area contributed by atoms with Gasteiger partial charge in [0.15, 0.2) is 16.6 Å². The van der Waals surface area contributed by atoms with Gasteiger partial charge in [-0.1, -0.05) is 11.3 Å². The lowest BCUT2D eigenvalue weighted by atomic mass is 10.2. The van der Waals surface area contributed by atoms with Crippen LogP contribution in [0.25, 0.3) is 0 Å². The van der Waals surface area contributed by atoms with E-state index < -0.39 is 36.1 Å². The quantitative estimate of drug-likeness (QED) is 0.817. The SMILES string of the molecule is CC(=O)c1sc(NC(C)CC(F)(F)F)nc1C(=O)O. The lowest BCUT2D eigenvalue weighted by Crippen LogP contribution is -2.23. The zero-order chi connectivity index (χ0) is 14.8. The highest BCUT2D eigenvalue weighted by atomic mass is 32.1. The molecule has 0 fully saturated rings. The normalized spacial score (nSPS) is 13.1. The van der Waals surface area contributed by atoms with Gasteiger partial charge in [0.2, 0.25) is 0 Å². The predicted molar refractivity (Wildman–Crippen MR) is 62.8 cm³/mol. The van der Waals surface area contributed by atoms with Crippen LogP contribution in [0.4, 0.5) is 18.3 Å². The topological polar surface area (TPSA) is 79.3 Å². The summed E-state index contributed by atoms with van der Waals surface area (Å²) in [4.78, 5) is 25.6. The summed E-state index contributed by atoms with van der Waals surface area (Å²) in [6.45, 7) is 2.46. The van der Waals surface area contributed by atoms with Crippen LogP contribution in [0.1, 0.15) is 40.4 Å². The van der Waals surface area contributed by atoms with Gasteiger partial charge in [0.05, 0.1) is 6.42 Å². The molecular formula is C10H11F3N2O3S. The summed E-state index contributed by atoms with van der Waals surface area (Å²) in [5.74, 6) is -1.88. The highest BCUT2D eigenvalue weighted by molar-refractivity contribution is 7.17. The number of thiazole rings is 1. The number of hydrogen-bond acceptors (Lipinski definition) is 5. The standard InChI is InChI=1S/C10H11F3N2O3S/c1-4(3-10(11,12)13)14-9-15-6(8(17)18)7(19-9)5(2)16/h4H,3H2,1-2H3,(H,14,15)(H,17,18). The number of Topliss-reactive ketones (excluding diaryl/α,β-unsaturated/α-hetero) is 1. The largest absolute Gasteiger partial charge is 0.476 e. The fourth-order valence-corrected chi connectivity index (χ4v) is 2.34. The van der Waals surface area contributed by atoms with Crippen LogP contribution in [0.2, 0.25) is 0 Å². The van der Waals surface area contributed by atoms with E-state index in [0.717, 1.165) is 11.3 Å². The number of ketones is 1. The summed E-state index contributed by atoms with van der Waals surface area (Å²) in [6.07, 6.45) is -5.41. The van der Waals surface area contributed by atoms with Gasteiger partial charge in [-0.05, 0) is 6.92 Å². The van der Waals surface area contributed by atoms with Crippen molar-refractivity contribution in [2.45, 2.75) is 32.5 Å². The van der Waals surface area contributed by atoms with Crippen LogP contribution in [0.3, 0.4) is 0 Å². The molecule has 2 N–H and O–H groups in total. The number of carboxylic acid groups (broad SMARTS) is 1. The molecule has 0 aliphatic carbocycles. The summed E-state index contributed by atoms with van der Waals surface area (Å²) in [6, 6.07) is -0.965. The van der Waals surface area contributed by atoms with Crippen LogP contribution in [0.15, 0.2) is 0 Å². The number of rotatable bonds is 5. The molecule has 0 saturated carbocycles. The lowest BCUT2D eigenvalue weighted by Gasteiger charge is -2.14. The van der Waals surface area contributed by atoms with E-state index in [2.05, 4.69) is 10.3 Å². The number of nitrogens with zero attached hydrogens (tertiary/aromatic N) is 1. The van der Waals surface area contributed by atoms with Gasteiger partial charge in [0.25, 0.3) is 0 Å². The molecule has 0 aliphatic rings. The second kappa shape index (κ2) is 5.55. The minimum absolute atomic E-state index is 0.0145. The van der Waals surface area contributed by atoms with Crippen molar-refractivity contribution < 1.29 is 27.9 Å². The molecule has 5 nitrogen and oxygen atoms in total. The number of alkyl halides is 3. The highest BCUT2D eigenvalue weighted by Crippen LogP contribution is 2.27. The number of nitrogens with one attached hydrogen (secondary N) is 1. The predicted octanol–water partition coefficient (Wildman–Crippen LogP) is 2.80. The molecule has 9 heteroatoms. The van der Waals surface area contributed by atoms with E-state index in [9.17, 15) is 22.8 Å². The van der Waals surface area contributed by atoms with E-state index >= 15 is 0 Å². The Morgan fingerprint density at radius 3 is 2.42 bits per heavy atom. The van der Waals surface area contributed by atoms with Crippen LogP contribution in [-0.2, 0) is 0 Å². The molecule has 0 aliphatic heterocycles. The second-order valence-electron chi connectivity index (χ2n) is 3.92. The van der Waals surface area contributed by atoms with Crippen molar-refractivity contribution in [3.05, 3.63) is 10.6 Å². The van der Waals surface area contributed by atoms with Crippen molar-refractivity contribution in [1.82, 2.24) is 4.98 Å². The van der Waals surface area contributed by atoms with Gasteiger partial charge < -0.3 is 10.4 Å². The molecule has 1 atom stereocenters. The number of carboxylic acids is 1. The van der Waals surface area contributed by atoms with E-state index in [0.29, 0.717) is 0 Å². The molecule has 1 heterocycles. The van der Waals surface area contributed by atoms with Crippen molar-refractivity contribution >= 4 is 28.2 Å². The number of carbonyl (C=O) groups is 2. The Morgan fingerprint density at radius 1 is 1.47 bits per heavy atom. The maximum Gasteiger partial charge on any atom is 0.391 e. The van der Waals surface area contributed by atoms with Gasteiger partial charge in [-0.3, -0.25) is 4.79 Å². The first-order valence-electron chi connectivity index (χ1n) is 5.18. The third-order valence-corrected chi connectivity index (χ3v) is 3.14. The van der Waals surface area contributed by atoms with Crippen molar-refractivity contribution in [1.29, 1.82) is 0 Å². The van der Waals surface area contributed by atoms with Gasteiger partial charge >= 0.3 is 12.1 Å². The minimum Gasteiger partial charge on any atom is -0.476 e. The Bertz CT molecular complexity index is 467. The Labute approximate surface area is 110 Å². The highest BCUT2D eigenvalue weighted by Gasteiger charge is 2.30. The van der Waals surface area contributed by atoms with Crippen LogP contribution in [0.5, 0.6) is 0 Å². The van der Waals surface area contributed by atoms with Crippen LogP contribution in [-0.4, -0.2) is 34.1 Å². The van der Waals surface area contributed by atoms with E-state index in [1.807, 2.05) is 0 Å². The second-order valence-corrected chi connectivity index (χ2v) is 4.92. The molecule has 0 saturated heterocycles. The zero-order valence-corrected chi connectivity index (χ0v) is 10.9. The van der Waals surface area contributed by atoms with Gasteiger partial charge in [-0.2, -0.15) is 13.2 Å². The number of anilines is 1. The molecule has 0 aromatic carbocycles. The summed E-state index contributed by atoms with van der Waals surface area (Å²) in [7, 11) is 0. The Hall–Kier alpha value is -1.64. The van der Waals surface area contributed by atoms with Gasteiger partial charge in [-0.25, -0.2) is 9.78 Å². The number of aromatic carboxylic acids is 1. The smallest absolute Gasteiger partial charge is 0.391 e. The monoisotopic (exact) mass is 296 g/mol. The summed E-state index contributed by atoms with van der Waals surface area (Å²) in [5.41, 5.74) is -0.445. The summed E-state index contributed by atoms with van der Waals surface area (Å²) >= 11 is 0.730. The molecule has 1 aromatic heterocycles. The molecule has 106 valence electrons. The number of aromatic nitrogens is 1. The zero-order valence-electron chi connectivity index (χ0n) is 10.0. The van der Waals surface area contributed by atoms with Gasteiger partial charge in [0.1, 0.15) is 4.88 Å². The van der Waals surface area contributed by atoms with E-state index in [1.165, 1.54) is 13.8 Å². The van der Waals surface area contributed by atoms with Crippen molar-refractivity contribution in [2.75, 3.05) is 5.32 Å². The van der Waals surface area contributed by atoms with Crippen LogP contribution < -0.4 is 5.32 Å². The Morgan fingerprint density at radius 2 is 2.05 bits per heavy atom. The summed E-state index contributed by atoms with van der Waals surface area (Å²) < 4.78 is 36.4. The Balaban J connectivity index is 2.88. The van der Waals surface area contributed by atoms with E-state index in [1.54, 1.807) is 0 Å². The van der Waals surface area contributed by atoms with Crippen LogP contribution in [0, 0.1) is 0 Å². The number of hydrogen-bond donors (Lipinski definition) is 2. The fourth-order valence-electron chi connectivity index (χ4n) is 1.37. The maximum absolute atomic E-state index is 12.1. The first kappa shape index (κ1) is 15.4. The molecule has 1 aromatic rings. The van der Waals surface area contributed by atoms with Crippen LogP contribution >= 0.6 is 11.3 Å². The third kappa shape index (κ3) is 4.51. The van der Waals surface area contributed by atoms with E-state index in [4.69, 9.17) is 5.11 Å². The maximum atomic E-state index is 12.1. The minimum atomic E-state index is -4.33. The molecule has 0 bridgehead atoms. The lowest BCUT2D eigenvalue weighted by molar-refractivity contribution is -0.136. The number of halogens is 3. The fraction of sp³-hybridized carbons (Fsp3) is 0.500. The molecule has 1 unspecified atom stereocenters. The molecule has 0 spiro atoms. The molecule has 0 amide bonds. The molecule has 0 radical (unpaired) electrons. The average molecular weight is 296 g/mol. The molecule has 19 heavy (non-hydrogen) atoms. The first-order valence-corrected chi connectivity index (χ1v) is 6.00. The van der Waals surface area contributed by atoms with Crippen molar-refractivity contribution in [3.63, 3.8) is 0 Å². The Kier molecular flexibility index (Phi) is 4.51. The molecular weight excluding hydrogens is 285 g/mol.